The van der Waals surface area contributed by atoms with Gasteiger partial charge in [0, 0.05) is 31.1 Å². The second kappa shape index (κ2) is 6.57. The van der Waals surface area contributed by atoms with E-state index in [2.05, 4.69) is 9.88 Å². The summed E-state index contributed by atoms with van der Waals surface area (Å²) in [5.74, 6) is 4.25. The van der Waals surface area contributed by atoms with Gasteiger partial charge in [0.15, 0.2) is 0 Å². The quantitative estimate of drug-likeness (QED) is 0.845. The zero-order valence-electron chi connectivity index (χ0n) is 13.4. The van der Waals surface area contributed by atoms with Crippen molar-refractivity contribution in [3.8, 4) is 5.75 Å². The van der Waals surface area contributed by atoms with E-state index >= 15 is 0 Å². The molecule has 4 nitrogen and oxygen atoms in total. The molecule has 0 spiro atoms. The average Bonchev–Trinajstić information content (AvgIpc) is 3.46. The molecule has 1 atom stereocenters. The Morgan fingerprint density at radius 1 is 1.09 bits per heavy atom. The van der Waals surface area contributed by atoms with E-state index in [0.29, 0.717) is 11.8 Å². The predicted octanol–water partition coefficient (Wildman–Crippen LogP) is 3.65. The largest absolute Gasteiger partial charge is 0.493 e. The summed E-state index contributed by atoms with van der Waals surface area (Å²) in [4.78, 5) is 11.6. The Morgan fingerprint density at radius 2 is 1.96 bits per heavy atom. The van der Waals surface area contributed by atoms with E-state index in [4.69, 9.17) is 9.72 Å². The van der Waals surface area contributed by atoms with Gasteiger partial charge < -0.3 is 9.64 Å². The molecule has 0 radical (unpaired) electrons. The number of piperidine rings is 1. The van der Waals surface area contributed by atoms with E-state index < -0.39 is 0 Å². The number of para-hydroxylation sites is 1. The van der Waals surface area contributed by atoms with Crippen molar-refractivity contribution in [3.63, 3.8) is 0 Å². The van der Waals surface area contributed by atoms with Crippen LogP contribution in [0, 0.1) is 5.92 Å². The second-order valence-corrected chi connectivity index (χ2v) is 6.63. The minimum absolute atomic E-state index is 0.559. The lowest BCUT2D eigenvalue weighted by molar-refractivity contribution is 0.228. The van der Waals surface area contributed by atoms with E-state index in [0.717, 1.165) is 37.1 Å². The van der Waals surface area contributed by atoms with Crippen molar-refractivity contribution >= 4 is 5.82 Å². The van der Waals surface area contributed by atoms with E-state index in [1.807, 2.05) is 42.6 Å². The van der Waals surface area contributed by atoms with Crippen LogP contribution >= 0.6 is 0 Å². The van der Waals surface area contributed by atoms with Gasteiger partial charge in [-0.1, -0.05) is 18.2 Å². The van der Waals surface area contributed by atoms with Gasteiger partial charge in [0.05, 0.1) is 6.61 Å². The zero-order valence-corrected chi connectivity index (χ0v) is 13.4. The highest BCUT2D eigenvalue weighted by Gasteiger charge is 2.28. The number of nitrogens with zero attached hydrogens (tertiary/aromatic N) is 3. The number of hydrogen-bond acceptors (Lipinski definition) is 4. The molecule has 4 rings (SSSR count). The van der Waals surface area contributed by atoms with Crippen LogP contribution in [0.25, 0.3) is 0 Å². The monoisotopic (exact) mass is 309 g/mol. The Bertz CT molecular complexity index is 642. The first-order chi connectivity index (χ1) is 11.4. The molecule has 23 heavy (non-hydrogen) atoms. The molecule has 4 heteroatoms. The molecule has 1 aliphatic carbocycles. The van der Waals surface area contributed by atoms with Crippen molar-refractivity contribution in [1.82, 2.24) is 9.97 Å². The van der Waals surface area contributed by atoms with Crippen molar-refractivity contribution in [1.29, 1.82) is 0 Å². The molecule has 2 aromatic rings. The first-order valence-corrected chi connectivity index (χ1v) is 8.64. The maximum atomic E-state index is 5.94. The van der Waals surface area contributed by atoms with Crippen LogP contribution < -0.4 is 9.64 Å². The van der Waals surface area contributed by atoms with Gasteiger partial charge in [-0.25, -0.2) is 9.97 Å². The fourth-order valence-corrected chi connectivity index (χ4v) is 3.22. The lowest BCUT2D eigenvalue weighted by atomic mass is 9.99. The van der Waals surface area contributed by atoms with Gasteiger partial charge in [-0.2, -0.15) is 0 Å². The van der Waals surface area contributed by atoms with Crippen LogP contribution in [0.2, 0.25) is 0 Å². The Labute approximate surface area is 137 Å². The zero-order chi connectivity index (χ0) is 15.5. The molecule has 2 aliphatic rings. The summed E-state index contributed by atoms with van der Waals surface area (Å²) >= 11 is 0. The third-order valence-electron chi connectivity index (χ3n) is 4.67. The molecule has 0 N–H and O–H groups in total. The number of aromatic nitrogens is 2. The van der Waals surface area contributed by atoms with E-state index in [1.54, 1.807) is 0 Å². The van der Waals surface area contributed by atoms with Crippen LogP contribution in [0.1, 0.15) is 37.4 Å². The highest BCUT2D eigenvalue weighted by Crippen LogP contribution is 2.38. The molecule has 1 aromatic carbocycles. The Hall–Kier alpha value is -2.10. The Kier molecular flexibility index (Phi) is 4.14. The van der Waals surface area contributed by atoms with Crippen LogP contribution in [0.4, 0.5) is 5.82 Å². The SMILES string of the molecule is c1ccc(OCC2CCCN(c3ccnc(C4CC4)n3)C2)cc1. The van der Waals surface area contributed by atoms with E-state index in [9.17, 15) is 0 Å². The maximum absolute atomic E-state index is 5.94. The lowest BCUT2D eigenvalue weighted by Gasteiger charge is -2.33. The van der Waals surface area contributed by atoms with Crippen LogP contribution in [0.15, 0.2) is 42.6 Å². The lowest BCUT2D eigenvalue weighted by Crippen LogP contribution is -2.38. The highest BCUT2D eigenvalue weighted by molar-refractivity contribution is 5.38. The summed E-state index contributed by atoms with van der Waals surface area (Å²) in [6.07, 6.45) is 6.84. The second-order valence-electron chi connectivity index (χ2n) is 6.63. The Morgan fingerprint density at radius 3 is 2.78 bits per heavy atom. The van der Waals surface area contributed by atoms with Crippen LogP contribution in [0.5, 0.6) is 5.75 Å². The molecular formula is C19H23N3O. The summed E-state index contributed by atoms with van der Waals surface area (Å²) in [6.45, 7) is 2.89. The van der Waals surface area contributed by atoms with Gasteiger partial charge in [-0.3, -0.25) is 0 Å². The highest BCUT2D eigenvalue weighted by atomic mass is 16.5. The third-order valence-corrected chi connectivity index (χ3v) is 4.67. The molecule has 1 saturated carbocycles. The van der Waals surface area contributed by atoms with Gasteiger partial charge in [0.1, 0.15) is 17.4 Å². The molecular weight excluding hydrogens is 286 g/mol. The van der Waals surface area contributed by atoms with Gasteiger partial charge in [0.25, 0.3) is 0 Å². The van der Waals surface area contributed by atoms with Crippen LogP contribution in [-0.4, -0.2) is 29.7 Å². The van der Waals surface area contributed by atoms with Crippen LogP contribution in [-0.2, 0) is 0 Å². The van der Waals surface area contributed by atoms with E-state index in [1.165, 1.54) is 25.7 Å². The first kappa shape index (κ1) is 14.5. The van der Waals surface area contributed by atoms with Gasteiger partial charge in [-0.05, 0) is 43.9 Å². The summed E-state index contributed by atoms with van der Waals surface area (Å²) in [5, 5.41) is 0. The molecule has 2 fully saturated rings. The number of anilines is 1. The standard InChI is InChI=1S/C19H23N3O/c1-2-6-17(7-3-1)23-14-15-5-4-12-22(13-15)18-10-11-20-19(21-18)16-8-9-16/h1-3,6-7,10-11,15-16H,4-5,8-9,12-14H2. The molecule has 1 aliphatic heterocycles. The normalized spacial score (nSPS) is 21.2. The molecule has 1 aromatic heterocycles. The smallest absolute Gasteiger partial charge is 0.133 e. The molecule has 1 saturated heterocycles. The number of ether oxygens (including phenoxy) is 1. The maximum Gasteiger partial charge on any atom is 0.133 e. The minimum atomic E-state index is 0.559. The first-order valence-electron chi connectivity index (χ1n) is 8.64. The summed E-state index contributed by atoms with van der Waals surface area (Å²) in [6, 6.07) is 12.1. The van der Waals surface area contributed by atoms with Crippen molar-refractivity contribution in [2.45, 2.75) is 31.6 Å². The molecule has 0 amide bonds. The molecule has 1 unspecified atom stereocenters. The molecule has 120 valence electrons. The topological polar surface area (TPSA) is 38.2 Å². The summed E-state index contributed by atoms with van der Waals surface area (Å²) in [7, 11) is 0. The van der Waals surface area contributed by atoms with Crippen LogP contribution in [0.3, 0.4) is 0 Å². The van der Waals surface area contributed by atoms with Crippen molar-refractivity contribution in [2.75, 3.05) is 24.6 Å². The van der Waals surface area contributed by atoms with Crippen molar-refractivity contribution in [3.05, 3.63) is 48.4 Å². The average molecular weight is 309 g/mol. The Balaban J connectivity index is 1.37. The summed E-state index contributed by atoms with van der Waals surface area (Å²) in [5.41, 5.74) is 0. The number of hydrogen-bond donors (Lipinski definition) is 0. The third kappa shape index (κ3) is 3.63. The molecule has 2 heterocycles. The molecule has 0 bridgehead atoms. The minimum Gasteiger partial charge on any atom is -0.493 e. The predicted molar refractivity (Wildman–Crippen MR) is 90.9 cm³/mol. The van der Waals surface area contributed by atoms with Gasteiger partial charge in [0.2, 0.25) is 0 Å². The number of rotatable bonds is 5. The van der Waals surface area contributed by atoms with Gasteiger partial charge >= 0.3 is 0 Å². The number of benzene rings is 1. The van der Waals surface area contributed by atoms with Crippen molar-refractivity contribution in [2.24, 2.45) is 5.92 Å². The fourth-order valence-electron chi connectivity index (χ4n) is 3.22. The van der Waals surface area contributed by atoms with Crippen molar-refractivity contribution < 1.29 is 4.74 Å². The fraction of sp³-hybridized carbons (Fsp3) is 0.474. The van der Waals surface area contributed by atoms with E-state index in [-0.39, 0.29) is 0 Å². The summed E-state index contributed by atoms with van der Waals surface area (Å²) < 4.78 is 5.94. The van der Waals surface area contributed by atoms with Gasteiger partial charge in [-0.15, -0.1) is 0 Å².